The first-order valence-electron chi connectivity index (χ1n) is 13.3. The molecule has 0 aliphatic carbocycles. The van der Waals surface area contributed by atoms with Crippen LogP contribution in [0.5, 0.6) is 0 Å². The molecule has 1 aliphatic rings. The second-order valence-corrected chi connectivity index (χ2v) is 9.33. The van der Waals surface area contributed by atoms with Gasteiger partial charge in [0.05, 0.1) is 0 Å². The molecular weight excluding hydrogens is 398 g/mol. The van der Waals surface area contributed by atoms with Crippen LogP contribution < -0.4 is 5.32 Å². The van der Waals surface area contributed by atoms with Gasteiger partial charge in [-0.1, -0.05) is 127 Å². The third-order valence-electron chi connectivity index (χ3n) is 6.42. The van der Waals surface area contributed by atoms with Gasteiger partial charge in [-0.25, -0.2) is 4.79 Å². The lowest BCUT2D eigenvalue weighted by Gasteiger charge is -2.23. The van der Waals surface area contributed by atoms with Gasteiger partial charge in [-0.2, -0.15) is 0 Å². The molecule has 4 heteroatoms. The van der Waals surface area contributed by atoms with Crippen LogP contribution in [0, 0.1) is 0 Å². The van der Waals surface area contributed by atoms with E-state index in [9.17, 15) is 4.79 Å². The highest BCUT2D eigenvalue weighted by molar-refractivity contribution is 5.73. The average molecular weight is 448 g/mol. The zero-order valence-electron chi connectivity index (χ0n) is 20.6. The third-order valence-corrected chi connectivity index (χ3v) is 6.42. The summed E-state index contributed by atoms with van der Waals surface area (Å²) in [5, 5.41) is 21.0. The van der Waals surface area contributed by atoms with E-state index >= 15 is 0 Å². The van der Waals surface area contributed by atoms with E-state index in [1.807, 2.05) is 0 Å². The molecule has 32 heavy (non-hydrogen) atoms. The van der Waals surface area contributed by atoms with E-state index in [1.54, 1.807) is 30.3 Å². The minimum atomic E-state index is -1.41. The number of aliphatic hydroxyl groups excluding tert-OH is 1. The van der Waals surface area contributed by atoms with Crippen LogP contribution in [0.1, 0.15) is 128 Å². The maximum absolute atomic E-state index is 10.2. The predicted molar refractivity (Wildman–Crippen MR) is 135 cm³/mol. The molecule has 3 N–H and O–H groups in total. The SMILES string of the molecule is CCCCCCCCCCCCCCC[C@H]1CCCCN1.O=C(O)[C@H](O)c1ccccc1. The van der Waals surface area contributed by atoms with E-state index < -0.39 is 12.1 Å². The Morgan fingerprint density at radius 2 is 1.41 bits per heavy atom. The van der Waals surface area contributed by atoms with Crippen molar-refractivity contribution >= 4 is 5.97 Å². The number of carboxylic acids is 1. The van der Waals surface area contributed by atoms with Crippen molar-refractivity contribution in [1.82, 2.24) is 5.32 Å². The van der Waals surface area contributed by atoms with Crippen molar-refractivity contribution in [2.24, 2.45) is 0 Å². The molecule has 1 aliphatic heterocycles. The highest BCUT2D eigenvalue weighted by atomic mass is 16.4. The second kappa shape index (κ2) is 20.2. The van der Waals surface area contributed by atoms with Gasteiger partial charge in [-0.15, -0.1) is 0 Å². The van der Waals surface area contributed by atoms with Crippen LogP contribution in [-0.2, 0) is 4.79 Å². The highest BCUT2D eigenvalue weighted by Gasteiger charge is 2.14. The molecule has 1 heterocycles. The number of aliphatic carboxylic acids is 1. The monoisotopic (exact) mass is 447 g/mol. The lowest BCUT2D eigenvalue weighted by atomic mass is 9.98. The summed E-state index contributed by atoms with van der Waals surface area (Å²) in [6.07, 6.45) is 23.3. The number of hydrogen-bond donors (Lipinski definition) is 3. The standard InChI is InChI=1S/C20H41N.C8H8O3/c1-2-3-4-5-6-7-8-9-10-11-12-13-14-17-20-18-15-16-19-21-20;9-7(8(10)11)6-4-2-1-3-5-6/h20-21H,2-19H2,1H3;1-5,7,9H,(H,10,11)/t20-;7-/m01/s1. The molecule has 0 saturated carbocycles. The van der Waals surface area contributed by atoms with Gasteiger partial charge < -0.3 is 15.5 Å². The molecule has 0 amide bonds. The quantitative estimate of drug-likeness (QED) is 0.231. The smallest absolute Gasteiger partial charge is 0.337 e. The summed E-state index contributed by atoms with van der Waals surface area (Å²) in [5.74, 6) is -1.23. The highest BCUT2D eigenvalue weighted by Crippen LogP contribution is 2.16. The van der Waals surface area contributed by atoms with Crippen molar-refractivity contribution in [1.29, 1.82) is 0 Å². The second-order valence-electron chi connectivity index (χ2n) is 9.33. The van der Waals surface area contributed by atoms with Crippen molar-refractivity contribution in [3.8, 4) is 0 Å². The normalized spacial score (nSPS) is 16.8. The molecule has 2 rings (SSSR count). The number of unbranched alkanes of at least 4 members (excludes halogenated alkanes) is 12. The maximum Gasteiger partial charge on any atom is 0.337 e. The van der Waals surface area contributed by atoms with E-state index in [4.69, 9.17) is 10.2 Å². The number of aliphatic hydroxyl groups is 1. The summed E-state index contributed by atoms with van der Waals surface area (Å²) in [5.41, 5.74) is 0.403. The van der Waals surface area contributed by atoms with Gasteiger partial charge in [0, 0.05) is 6.04 Å². The minimum Gasteiger partial charge on any atom is -0.479 e. The van der Waals surface area contributed by atoms with Gasteiger partial charge in [0.2, 0.25) is 0 Å². The molecule has 0 aromatic heterocycles. The number of carbonyl (C=O) groups is 1. The Morgan fingerprint density at radius 3 is 1.88 bits per heavy atom. The number of nitrogens with one attached hydrogen (secondary N) is 1. The first kappa shape index (κ1) is 28.6. The number of piperidine rings is 1. The molecule has 1 saturated heterocycles. The maximum atomic E-state index is 10.2. The molecule has 184 valence electrons. The van der Waals surface area contributed by atoms with Crippen LogP contribution >= 0.6 is 0 Å². The van der Waals surface area contributed by atoms with Gasteiger partial charge in [-0.05, 0) is 31.4 Å². The van der Waals surface area contributed by atoms with Gasteiger partial charge in [0.25, 0.3) is 0 Å². The lowest BCUT2D eigenvalue weighted by Crippen LogP contribution is -2.33. The van der Waals surface area contributed by atoms with Crippen LogP contribution in [0.4, 0.5) is 0 Å². The average Bonchev–Trinajstić information content (AvgIpc) is 2.83. The number of hydrogen-bond acceptors (Lipinski definition) is 3. The number of carboxylic acid groups (broad SMARTS) is 1. The summed E-state index contributed by atoms with van der Waals surface area (Å²) in [6.45, 7) is 3.56. The Bertz CT molecular complexity index is 543. The van der Waals surface area contributed by atoms with Gasteiger partial charge in [0.15, 0.2) is 6.10 Å². The van der Waals surface area contributed by atoms with Crippen LogP contribution in [0.25, 0.3) is 0 Å². The van der Waals surface area contributed by atoms with Crippen molar-refractivity contribution in [3.63, 3.8) is 0 Å². The van der Waals surface area contributed by atoms with E-state index in [1.165, 1.54) is 116 Å². The number of rotatable bonds is 16. The molecule has 4 nitrogen and oxygen atoms in total. The molecule has 1 aromatic carbocycles. The van der Waals surface area contributed by atoms with Crippen molar-refractivity contribution in [2.45, 2.75) is 128 Å². The summed E-state index contributed by atoms with van der Waals surface area (Å²) >= 11 is 0. The fraction of sp³-hybridized carbons (Fsp3) is 0.750. The molecule has 0 unspecified atom stereocenters. The van der Waals surface area contributed by atoms with E-state index in [0.717, 1.165) is 6.04 Å². The first-order valence-corrected chi connectivity index (χ1v) is 13.3. The fourth-order valence-electron chi connectivity index (χ4n) is 4.36. The van der Waals surface area contributed by atoms with Gasteiger partial charge in [-0.3, -0.25) is 0 Å². The largest absolute Gasteiger partial charge is 0.479 e. The topological polar surface area (TPSA) is 69.6 Å². The molecule has 0 spiro atoms. The van der Waals surface area contributed by atoms with Crippen LogP contribution in [0.15, 0.2) is 30.3 Å². The fourth-order valence-corrected chi connectivity index (χ4v) is 4.36. The summed E-state index contributed by atoms with van der Waals surface area (Å²) in [7, 11) is 0. The predicted octanol–water partition coefficient (Wildman–Crippen LogP) is 7.41. The van der Waals surface area contributed by atoms with Crippen LogP contribution in [-0.4, -0.2) is 28.8 Å². The minimum absolute atomic E-state index is 0.403. The molecular formula is C28H49NO3. The zero-order valence-corrected chi connectivity index (χ0v) is 20.6. The van der Waals surface area contributed by atoms with Gasteiger partial charge in [0.1, 0.15) is 0 Å². The van der Waals surface area contributed by atoms with E-state index in [0.29, 0.717) is 5.56 Å². The van der Waals surface area contributed by atoms with Gasteiger partial charge >= 0.3 is 5.97 Å². The van der Waals surface area contributed by atoms with Crippen molar-refractivity contribution < 1.29 is 15.0 Å². The van der Waals surface area contributed by atoms with E-state index in [2.05, 4.69) is 12.2 Å². The molecule has 0 bridgehead atoms. The Labute approximate surface area is 197 Å². The molecule has 0 radical (unpaired) electrons. The van der Waals surface area contributed by atoms with Crippen LogP contribution in [0.3, 0.4) is 0 Å². The Balaban J connectivity index is 0.000000389. The van der Waals surface area contributed by atoms with Crippen LogP contribution in [0.2, 0.25) is 0 Å². The lowest BCUT2D eigenvalue weighted by molar-refractivity contribution is -0.146. The Kier molecular flexibility index (Phi) is 18.1. The summed E-state index contributed by atoms with van der Waals surface area (Å²) < 4.78 is 0. The third kappa shape index (κ3) is 15.4. The molecule has 1 fully saturated rings. The summed E-state index contributed by atoms with van der Waals surface area (Å²) in [6, 6.07) is 9.12. The van der Waals surface area contributed by atoms with E-state index in [-0.39, 0.29) is 0 Å². The molecule has 1 aromatic rings. The Morgan fingerprint density at radius 1 is 0.875 bits per heavy atom. The van der Waals surface area contributed by atoms with Crippen molar-refractivity contribution in [2.75, 3.05) is 6.54 Å². The number of benzene rings is 1. The Hall–Kier alpha value is -1.39. The first-order chi connectivity index (χ1) is 15.6. The molecule has 2 atom stereocenters. The summed E-state index contributed by atoms with van der Waals surface area (Å²) in [4.78, 5) is 10.2. The zero-order chi connectivity index (χ0) is 23.3. The van der Waals surface area contributed by atoms with Crippen molar-refractivity contribution in [3.05, 3.63) is 35.9 Å².